The van der Waals surface area contributed by atoms with E-state index in [1.54, 1.807) is 24.3 Å². The molecule has 1 aromatic carbocycles. The van der Waals surface area contributed by atoms with E-state index >= 15 is 0 Å². The van der Waals surface area contributed by atoms with E-state index in [1.165, 1.54) is 0 Å². The van der Waals surface area contributed by atoms with Gasteiger partial charge in [0.2, 0.25) is 5.95 Å². The van der Waals surface area contributed by atoms with E-state index in [0.717, 1.165) is 5.56 Å². The molecule has 2 aromatic rings. The standard InChI is InChI=1S/C12H12ClN3O.ClH/c1-2-9-10(11(17)16-12(14)15-9)7-3-5-8(13)6-4-7;/h3-6H,2H2,1H3,(H3,14,15,16,17);1H. The fourth-order valence-electron chi connectivity index (χ4n) is 1.71. The summed E-state index contributed by atoms with van der Waals surface area (Å²) in [4.78, 5) is 18.5. The Labute approximate surface area is 116 Å². The number of nitrogen functional groups attached to an aromatic ring is 1. The van der Waals surface area contributed by atoms with Crippen LogP contribution in [0.4, 0.5) is 5.95 Å². The number of nitrogens with one attached hydrogen (secondary N) is 1. The van der Waals surface area contributed by atoms with Crippen molar-refractivity contribution in [1.82, 2.24) is 9.97 Å². The molecular weight excluding hydrogens is 273 g/mol. The fraction of sp³-hybridized carbons (Fsp3) is 0.167. The highest BCUT2D eigenvalue weighted by Gasteiger charge is 2.11. The molecule has 0 radical (unpaired) electrons. The SMILES string of the molecule is CCc1nc(N)[nH]c(=O)c1-c1ccc(Cl)cc1.Cl. The summed E-state index contributed by atoms with van der Waals surface area (Å²) in [5, 5.41) is 0.631. The third-order valence-corrected chi connectivity index (χ3v) is 2.73. The zero-order chi connectivity index (χ0) is 12.4. The van der Waals surface area contributed by atoms with Gasteiger partial charge in [0.25, 0.3) is 5.56 Å². The van der Waals surface area contributed by atoms with Gasteiger partial charge < -0.3 is 5.73 Å². The molecule has 96 valence electrons. The third kappa shape index (κ3) is 2.83. The highest BCUT2D eigenvalue weighted by atomic mass is 35.5. The van der Waals surface area contributed by atoms with E-state index in [1.807, 2.05) is 6.92 Å². The van der Waals surface area contributed by atoms with Gasteiger partial charge in [-0.05, 0) is 24.1 Å². The van der Waals surface area contributed by atoms with E-state index in [9.17, 15) is 4.79 Å². The summed E-state index contributed by atoms with van der Waals surface area (Å²) in [5.74, 6) is 0.143. The first kappa shape index (κ1) is 14.5. The number of rotatable bonds is 2. The Balaban J connectivity index is 0.00000162. The van der Waals surface area contributed by atoms with Crippen LogP contribution in [0.15, 0.2) is 29.1 Å². The van der Waals surface area contributed by atoms with Crippen LogP contribution in [0.3, 0.4) is 0 Å². The lowest BCUT2D eigenvalue weighted by Gasteiger charge is -2.07. The molecule has 18 heavy (non-hydrogen) atoms. The monoisotopic (exact) mass is 285 g/mol. The maximum Gasteiger partial charge on any atom is 0.260 e. The number of benzene rings is 1. The molecule has 2 rings (SSSR count). The molecule has 0 amide bonds. The average Bonchev–Trinajstić information content (AvgIpc) is 2.30. The average molecular weight is 286 g/mol. The lowest BCUT2D eigenvalue weighted by Crippen LogP contribution is -2.16. The third-order valence-electron chi connectivity index (χ3n) is 2.48. The van der Waals surface area contributed by atoms with E-state index in [4.69, 9.17) is 17.3 Å². The highest BCUT2D eigenvalue weighted by Crippen LogP contribution is 2.21. The molecule has 6 heteroatoms. The van der Waals surface area contributed by atoms with Crippen molar-refractivity contribution in [2.24, 2.45) is 0 Å². The lowest BCUT2D eigenvalue weighted by atomic mass is 10.0. The van der Waals surface area contributed by atoms with Crippen LogP contribution in [-0.4, -0.2) is 9.97 Å². The predicted molar refractivity (Wildman–Crippen MR) is 76.3 cm³/mol. The molecule has 4 nitrogen and oxygen atoms in total. The van der Waals surface area contributed by atoms with Gasteiger partial charge in [-0.25, -0.2) is 4.98 Å². The van der Waals surface area contributed by atoms with Crippen LogP contribution in [0, 0.1) is 0 Å². The van der Waals surface area contributed by atoms with E-state index < -0.39 is 0 Å². The number of H-pyrrole nitrogens is 1. The largest absolute Gasteiger partial charge is 0.369 e. The number of anilines is 1. The second kappa shape index (κ2) is 5.89. The molecule has 0 saturated heterocycles. The molecule has 0 aliphatic rings. The Morgan fingerprint density at radius 1 is 1.33 bits per heavy atom. The highest BCUT2D eigenvalue weighted by molar-refractivity contribution is 6.30. The quantitative estimate of drug-likeness (QED) is 0.891. The van der Waals surface area contributed by atoms with Gasteiger partial charge in [-0.2, -0.15) is 0 Å². The first-order valence-electron chi connectivity index (χ1n) is 5.26. The summed E-state index contributed by atoms with van der Waals surface area (Å²) in [6.07, 6.45) is 0.645. The summed E-state index contributed by atoms with van der Waals surface area (Å²) < 4.78 is 0. The van der Waals surface area contributed by atoms with Crippen LogP contribution < -0.4 is 11.3 Å². The molecule has 1 aromatic heterocycles. The number of nitrogens with two attached hydrogens (primary N) is 1. The van der Waals surface area contributed by atoms with Gasteiger partial charge in [-0.15, -0.1) is 12.4 Å². The maximum atomic E-state index is 11.9. The van der Waals surface area contributed by atoms with Crippen LogP contribution in [0.1, 0.15) is 12.6 Å². The molecule has 0 atom stereocenters. The summed E-state index contributed by atoms with van der Waals surface area (Å²) >= 11 is 5.82. The fourth-order valence-corrected chi connectivity index (χ4v) is 1.84. The number of aryl methyl sites for hydroxylation is 1. The summed E-state index contributed by atoms with van der Waals surface area (Å²) in [5.41, 5.74) is 7.33. The first-order valence-corrected chi connectivity index (χ1v) is 5.64. The van der Waals surface area contributed by atoms with Crippen molar-refractivity contribution in [3.8, 4) is 11.1 Å². The van der Waals surface area contributed by atoms with E-state index in [2.05, 4.69) is 9.97 Å². The van der Waals surface area contributed by atoms with Crippen LogP contribution in [-0.2, 0) is 6.42 Å². The van der Waals surface area contributed by atoms with Gasteiger partial charge in [0.1, 0.15) is 0 Å². The minimum absolute atomic E-state index is 0. The number of hydrogen-bond acceptors (Lipinski definition) is 3. The number of aromatic nitrogens is 2. The van der Waals surface area contributed by atoms with Crippen LogP contribution in [0.5, 0.6) is 0 Å². The molecule has 0 unspecified atom stereocenters. The van der Waals surface area contributed by atoms with Crippen molar-refractivity contribution in [3.63, 3.8) is 0 Å². The maximum absolute atomic E-state index is 11.9. The predicted octanol–water partition coefficient (Wildman–Crippen LogP) is 2.66. The Morgan fingerprint density at radius 2 is 1.94 bits per heavy atom. The van der Waals surface area contributed by atoms with Gasteiger partial charge in [0.15, 0.2) is 0 Å². The second-order valence-corrected chi connectivity index (χ2v) is 4.07. The van der Waals surface area contributed by atoms with Gasteiger partial charge in [0.05, 0.1) is 11.3 Å². The van der Waals surface area contributed by atoms with E-state index in [-0.39, 0.29) is 23.9 Å². The van der Waals surface area contributed by atoms with Crippen molar-refractivity contribution in [2.75, 3.05) is 5.73 Å². The van der Waals surface area contributed by atoms with Crippen molar-refractivity contribution in [2.45, 2.75) is 13.3 Å². The molecule has 0 saturated carbocycles. The summed E-state index contributed by atoms with van der Waals surface area (Å²) in [6, 6.07) is 7.08. The Bertz CT molecular complexity index is 593. The van der Waals surface area contributed by atoms with Crippen molar-refractivity contribution in [3.05, 3.63) is 45.3 Å². The molecule has 0 fully saturated rings. The van der Waals surface area contributed by atoms with Crippen LogP contribution >= 0.6 is 24.0 Å². The molecule has 0 aliphatic heterocycles. The van der Waals surface area contributed by atoms with Gasteiger partial charge in [0, 0.05) is 5.02 Å². The number of aromatic amines is 1. The number of hydrogen-bond donors (Lipinski definition) is 2. The molecular formula is C12H13Cl2N3O. The minimum atomic E-state index is -0.225. The summed E-state index contributed by atoms with van der Waals surface area (Å²) in [7, 11) is 0. The zero-order valence-electron chi connectivity index (χ0n) is 9.74. The lowest BCUT2D eigenvalue weighted by molar-refractivity contribution is 0.996. The molecule has 1 heterocycles. The van der Waals surface area contributed by atoms with Gasteiger partial charge in [-0.3, -0.25) is 9.78 Å². The molecule has 0 bridgehead atoms. The topological polar surface area (TPSA) is 71.8 Å². The van der Waals surface area contributed by atoms with Crippen LogP contribution in [0.2, 0.25) is 5.02 Å². The Hall–Kier alpha value is -1.52. The molecule has 0 aliphatic carbocycles. The Kier molecular flexibility index (Phi) is 4.76. The normalized spacial score (nSPS) is 9.89. The van der Waals surface area contributed by atoms with Crippen molar-refractivity contribution >= 4 is 30.0 Å². The smallest absolute Gasteiger partial charge is 0.260 e. The van der Waals surface area contributed by atoms with E-state index in [0.29, 0.717) is 22.7 Å². The summed E-state index contributed by atoms with van der Waals surface area (Å²) in [6.45, 7) is 1.93. The number of nitrogens with zero attached hydrogens (tertiary/aromatic N) is 1. The van der Waals surface area contributed by atoms with Crippen molar-refractivity contribution in [1.29, 1.82) is 0 Å². The zero-order valence-corrected chi connectivity index (χ0v) is 11.3. The first-order chi connectivity index (χ1) is 8.11. The molecule has 3 N–H and O–H groups in total. The van der Waals surface area contributed by atoms with Crippen molar-refractivity contribution < 1.29 is 0 Å². The number of halogens is 2. The van der Waals surface area contributed by atoms with Crippen LogP contribution in [0.25, 0.3) is 11.1 Å². The Morgan fingerprint density at radius 3 is 2.50 bits per heavy atom. The minimum Gasteiger partial charge on any atom is -0.369 e. The van der Waals surface area contributed by atoms with Gasteiger partial charge >= 0.3 is 0 Å². The molecule has 0 spiro atoms. The second-order valence-electron chi connectivity index (χ2n) is 3.63. The van der Waals surface area contributed by atoms with Gasteiger partial charge in [-0.1, -0.05) is 30.7 Å².